The molecule has 0 aliphatic carbocycles. The van der Waals surface area contributed by atoms with Gasteiger partial charge in [0.25, 0.3) is 0 Å². The normalized spacial score (nSPS) is 11.9. The quantitative estimate of drug-likeness (QED) is 0.374. The molecule has 0 aromatic rings. The Labute approximate surface area is 101 Å². The summed E-state index contributed by atoms with van der Waals surface area (Å²) in [6.45, 7) is 8.47. The Morgan fingerprint density at radius 2 is 1.81 bits per heavy atom. The van der Waals surface area contributed by atoms with Crippen molar-refractivity contribution in [2.75, 3.05) is 40.3 Å². The first kappa shape index (κ1) is 15.2. The summed E-state index contributed by atoms with van der Waals surface area (Å²) < 4.78 is 0. The molecule has 0 saturated heterocycles. The number of hydrogen-bond donors (Lipinski definition) is 2. The van der Waals surface area contributed by atoms with Crippen molar-refractivity contribution in [2.24, 2.45) is 4.99 Å². The number of nitrogens with zero attached hydrogens (tertiary/aromatic N) is 2. The highest BCUT2D eigenvalue weighted by Crippen LogP contribution is 1.90. The van der Waals surface area contributed by atoms with Crippen LogP contribution in [-0.4, -0.2) is 51.1 Å². The second-order valence-electron chi connectivity index (χ2n) is 4.03. The SMILES string of the molecule is CCCCCNC(=NC)NCCN(C)CC. The van der Waals surface area contributed by atoms with Gasteiger partial charge in [0.2, 0.25) is 0 Å². The fourth-order valence-electron chi connectivity index (χ4n) is 1.33. The van der Waals surface area contributed by atoms with Gasteiger partial charge in [0.1, 0.15) is 0 Å². The predicted octanol–water partition coefficient (Wildman–Crippen LogP) is 1.29. The number of hydrogen-bond acceptors (Lipinski definition) is 2. The lowest BCUT2D eigenvalue weighted by Crippen LogP contribution is -2.41. The molecule has 0 radical (unpaired) electrons. The van der Waals surface area contributed by atoms with Crippen LogP contribution in [0, 0.1) is 0 Å². The van der Waals surface area contributed by atoms with Crippen LogP contribution in [0.3, 0.4) is 0 Å². The second-order valence-corrected chi connectivity index (χ2v) is 4.03. The molecule has 0 aliphatic rings. The van der Waals surface area contributed by atoms with Crippen LogP contribution in [0.1, 0.15) is 33.1 Å². The van der Waals surface area contributed by atoms with Crippen LogP contribution in [-0.2, 0) is 0 Å². The zero-order valence-electron chi connectivity index (χ0n) is 11.3. The maximum atomic E-state index is 4.18. The minimum absolute atomic E-state index is 0.917. The van der Waals surface area contributed by atoms with E-state index in [1.807, 2.05) is 7.05 Å². The molecule has 16 heavy (non-hydrogen) atoms. The van der Waals surface area contributed by atoms with Gasteiger partial charge >= 0.3 is 0 Å². The van der Waals surface area contributed by atoms with Crippen LogP contribution in [0.2, 0.25) is 0 Å². The summed E-state index contributed by atoms with van der Waals surface area (Å²) in [6.07, 6.45) is 3.75. The van der Waals surface area contributed by atoms with E-state index in [0.29, 0.717) is 0 Å². The summed E-state index contributed by atoms with van der Waals surface area (Å²) in [7, 11) is 3.94. The van der Waals surface area contributed by atoms with Gasteiger partial charge in [-0.15, -0.1) is 0 Å². The molecule has 0 bridgehead atoms. The number of aliphatic imine (C=N–C) groups is 1. The van der Waals surface area contributed by atoms with Gasteiger partial charge in [0.05, 0.1) is 0 Å². The number of guanidine groups is 1. The van der Waals surface area contributed by atoms with Crippen molar-refractivity contribution in [3.05, 3.63) is 0 Å². The zero-order chi connectivity index (χ0) is 12.2. The van der Waals surface area contributed by atoms with Crippen LogP contribution < -0.4 is 10.6 Å². The zero-order valence-corrected chi connectivity index (χ0v) is 11.3. The summed E-state index contributed by atoms with van der Waals surface area (Å²) in [5.41, 5.74) is 0. The molecule has 0 aromatic carbocycles. The first-order valence-corrected chi connectivity index (χ1v) is 6.37. The fraction of sp³-hybridized carbons (Fsp3) is 0.917. The molecule has 0 aromatic heterocycles. The lowest BCUT2D eigenvalue weighted by Gasteiger charge is -2.16. The molecule has 4 heteroatoms. The summed E-state index contributed by atoms with van der Waals surface area (Å²) in [6, 6.07) is 0. The summed E-state index contributed by atoms with van der Waals surface area (Å²) in [4.78, 5) is 6.46. The Morgan fingerprint density at radius 1 is 1.12 bits per heavy atom. The van der Waals surface area contributed by atoms with E-state index in [4.69, 9.17) is 0 Å². The molecule has 0 aliphatic heterocycles. The van der Waals surface area contributed by atoms with Crippen LogP contribution in [0.5, 0.6) is 0 Å². The molecule has 2 N–H and O–H groups in total. The maximum absolute atomic E-state index is 4.18. The van der Waals surface area contributed by atoms with Gasteiger partial charge in [-0.25, -0.2) is 0 Å². The third-order valence-corrected chi connectivity index (χ3v) is 2.62. The summed E-state index contributed by atoms with van der Waals surface area (Å²) in [5.74, 6) is 0.917. The second kappa shape index (κ2) is 10.7. The Balaban J connectivity index is 3.52. The summed E-state index contributed by atoms with van der Waals surface area (Å²) >= 11 is 0. The molecular weight excluding hydrogens is 200 g/mol. The number of likely N-dealkylation sites (N-methyl/N-ethyl adjacent to an activating group) is 1. The lowest BCUT2D eigenvalue weighted by atomic mass is 10.2. The van der Waals surface area contributed by atoms with Crippen molar-refractivity contribution in [3.63, 3.8) is 0 Å². The molecule has 0 rings (SSSR count). The number of nitrogens with one attached hydrogen (secondary N) is 2. The average molecular weight is 228 g/mol. The highest BCUT2D eigenvalue weighted by Gasteiger charge is 1.97. The van der Waals surface area contributed by atoms with Gasteiger partial charge in [-0.1, -0.05) is 26.7 Å². The van der Waals surface area contributed by atoms with E-state index >= 15 is 0 Å². The third kappa shape index (κ3) is 8.53. The molecule has 0 heterocycles. The van der Waals surface area contributed by atoms with Gasteiger partial charge in [-0.3, -0.25) is 4.99 Å². The van der Waals surface area contributed by atoms with Gasteiger partial charge in [-0.2, -0.15) is 0 Å². The van der Waals surface area contributed by atoms with E-state index in [1.165, 1.54) is 19.3 Å². The Hall–Kier alpha value is -0.770. The lowest BCUT2D eigenvalue weighted by molar-refractivity contribution is 0.357. The number of rotatable bonds is 8. The molecule has 96 valence electrons. The van der Waals surface area contributed by atoms with Gasteiger partial charge < -0.3 is 15.5 Å². The fourth-order valence-corrected chi connectivity index (χ4v) is 1.33. The van der Waals surface area contributed by atoms with E-state index < -0.39 is 0 Å². The van der Waals surface area contributed by atoms with Crippen LogP contribution >= 0.6 is 0 Å². The van der Waals surface area contributed by atoms with Crippen molar-refractivity contribution < 1.29 is 0 Å². The van der Waals surface area contributed by atoms with Crippen molar-refractivity contribution >= 4 is 5.96 Å². The highest BCUT2D eigenvalue weighted by molar-refractivity contribution is 5.79. The molecule has 0 spiro atoms. The molecule has 0 saturated carbocycles. The van der Waals surface area contributed by atoms with Crippen molar-refractivity contribution in [2.45, 2.75) is 33.1 Å². The van der Waals surface area contributed by atoms with E-state index in [2.05, 4.69) is 41.4 Å². The molecule has 0 unspecified atom stereocenters. The standard InChI is InChI=1S/C12H28N4/c1-5-7-8-9-14-12(13-3)15-10-11-16(4)6-2/h5-11H2,1-4H3,(H2,13,14,15). The highest BCUT2D eigenvalue weighted by atomic mass is 15.2. The van der Waals surface area contributed by atoms with Crippen LogP contribution in [0.25, 0.3) is 0 Å². The van der Waals surface area contributed by atoms with Crippen molar-refractivity contribution in [1.29, 1.82) is 0 Å². The molecule has 4 nitrogen and oxygen atoms in total. The monoisotopic (exact) mass is 228 g/mol. The molecule has 0 amide bonds. The van der Waals surface area contributed by atoms with Gasteiger partial charge in [0.15, 0.2) is 5.96 Å². The largest absolute Gasteiger partial charge is 0.356 e. The van der Waals surface area contributed by atoms with E-state index in [0.717, 1.165) is 32.1 Å². The van der Waals surface area contributed by atoms with Crippen LogP contribution in [0.15, 0.2) is 4.99 Å². The Morgan fingerprint density at radius 3 is 2.38 bits per heavy atom. The minimum atomic E-state index is 0.917. The molecule has 0 atom stereocenters. The predicted molar refractivity (Wildman–Crippen MR) is 72.1 cm³/mol. The van der Waals surface area contributed by atoms with E-state index in [-0.39, 0.29) is 0 Å². The first-order valence-electron chi connectivity index (χ1n) is 6.37. The van der Waals surface area contributed by atoms with Gasteiger partial charge in [-0.05, 0) is 20.0 Å². The van der Waals surface area contributed by atoms with Crippen LogP contribution in [0.4, 0.5) is 0 Å². The third-order valence-electron chi connectivity index (χ3n) is 2.62. The summed E-state index contributed by atoms with van der Waals surface area (Å²) in [5, 5.41) is 6.63. The van der Waals surface area contributed by atoms with Crippen molar-refractivity contribution in [3.8, 4) is 0 Å². The van der Waals surface area contributed by atoms with E-state index in [1.54, 1.807) is 0 Å². The topological polar surface area (TPSA) is 39.7 Å². The molecular formula is C12H28N4. The Kier molecular flexibility index (Phi) is 10.2. The Bertz CT molecular complexity index is 180. The van der Waals surface area contributed by atoms with E-state index in [9.17, 15) is 0 Å². The molecule has 0 fully saturated rings. The minimum Gasteiger partial charge on any atom is -0.356 e. The number of unbranched alkanes of at least 4 members (excludes halogenated alkanes) is 2. The first-order chi connectivity index (χ1) is 7.74. The van der Waals surface area contributed by atoms with Gasteiger partial charge in [0, 0.05) is 26.7 Å². The average Bonchev–Trinajstić information content (AvgIpc) is 2.31. The smallest absolute Gasteiger partial charge is 0.191 e. The van der Waals surface area contributed by atoms with Crippen molar-refractivity contribution in [1.82, 2.24) is 15.5 Å². The maximum Gasteiger partial charge on any atom is 0.191 e.